The van der Waals surface area contributed by atoms with Gasteiger partial charge in [-0.25, -0.2) is 0 Å². The van der Waals surface area contributed by atoms with Crippen molar-refractivity contribution in [3.05, 3.63) is 5.82 Å². The lowest BCUT2D eigenvalue weighted by atomic mass is 10.1. The van der Waals surface area contributed by atoms with Gasteiger partial charge in [0.2, 0.25) is 11.9 Å². The molecule has 0 bridgehead atoms. The smallest absolute Gasteiger partial charge is 0.376 e. The summed E-state index contributed by atoms with van der Waals surface area (Å²) in [7, 11) is 2.70. The van der Waals surface area contributed by atoms with Crippen LogP contribution in [0.4, 0.5) is 33.8 Å². The van der Waals surface area contributed by atoms with E-state index in [2.05, 4.69) is 15.0 Å². The zero-order valence-corrected chi connectivity index (χ0v) is 14.6. The molecule has 0 spiro atoms. The van der Waals surface area contributed by atoms with E-state index in [4.69, 9.17) is 9.47 Å². The number of methoxy groups -OCH3 is 2. The van der Waals surface area contributed by atoms with Crippen LogP contribution in [0.5, 0.6) is 0 Å². The molecular weight excluding hydrogens is 385 g/mol. The van der Waals surface area contributed by atoms with Crippen LogP contribution in [-0.2, 0) is 15.9 Å². The Hall–Kier alpha value is -1.90. The largest absolute Gasteiger partial charge is 0.453 e. The Bertz CT molecular complexity index is 583. The van der Waals surface area contributed by atoms with Gasteiger partial charge in [-0.05, 0) is 0 Å². The maximum atomic E-state index is 13.2. The SMILES string of the molecule is COCN(COC)c1nc(CCC(F)(F)C(F)(F)F)nc(N(CO)CO)n1. The van der Waals surface area contributed by atoms with Crippen molar-refractivity contribution in [2.75, 3.05) is 50.9 Å². The molecule has 14 heteroatoms. The van der Waals surface area contributed by atoms with Gasteiger partial charge in [-0.15, -0.1) is 0 Å². The molecule has 0 fully saturated rings. The zero-order valence-electron chi connectivity index (χ0n) is 14.6. The van der Waals surface area contributed by atoms with Gasteiger partial charge < -0.3 is 19.7 Å². The first-order chi connectivity index (χ1) is 12.6. The van der Waals surface area contributed by atoms with Gasteiger partial charge >= 0.3 is 12.1 Å². The topological polar surface area (TPSA) is 104 Å². The molecule has 9 nitrogen and oxygen atoms in total. The van der Waals surface area contributed by atoms with Crippen molar-refractivity contribution < 1.29 is 41.6 Å². The minimum Gasteiger partial charge on any atom is -0.376 e. The summed E-state index contributed by atoms with van der Waals surface area (Å²) in [5.74, 6) is -5.77. The Morgan fingerprint density at radius 2 is 1.33 bits per heavy atom. The van der Waals surface area contributed by atoms with E-state index in [-0.39, 0.29) is 31.2 Å². The molecule has 0 saturated heterocycles. The molecule has 0 aromatic carbocycles. The number of aliphatic hydroxyl groups excluding tert-OH is 2. The summed E-state index contributed by atoms with van der Waals surface area (Å²) in [5, 5.41) is 18.4. The van der Waals surface area contributed by atoms with Crippen LogP contribution in [0.1, 0.15) is 12.2 Å². The third-order valence-corrected chi connectivity index (χ3v) is 3.21. The highest BCUT2D eigenvalue weighted by molar-refractivity contribution is 5.38. The number of ether oxygens (including phenoxy) is 2. The van der Waals surface area contributed by atoms with Crippen molar-refractivity contribution in [3.63, 3.8) is 0 Å². The summed E-state index contributed by atoms with van der Waals surface area (Å²) in [6.07, 6.45) is -8.11. The standard InChI is InChI=1S/C13H20F5N5O4/c1-26-7-23(8-27-2)11-20-9(3-4-12(14,15)13(16,17)18)19-10(21-11)22(5-24)6-25/h24-25H,3-8H2,1-2H3. The third-order valence-electron chi connectivity index (χ3n) is 3.21. The normalized spacial score (nSPS) is 12.3. The van der Waals surface area contributed by atoms with E-state index < -0.39 is 38.4 Å². The number of hydrogen-bond donors (Lipinski definition) is 2. The summed E-state index contributed by atoms with van der Waals surface area (Å²) in [6.45, 7) is -1.64. The maximum Gasteiger partial charge on any atom is 0.453 e. The molecule has 0 atom stereocenters. The number of aliphatic hydroxyl groups is 2. The molecule has 2 N–H and O–H groups in total. The molecule has 0 radical (unpaired) electrons. The highest BCUT2D eigenvalue weighted by atomic mass is 19.4. The van der Waals surface area contributed by atoms with Crippen molar-refractivity contribution in [1.29, 1.82) is 0 Å². The molecule has 1 rings (SSSR count). The van der Waals surface area contributed by atoms with E-state index in [1.165, 1.54) is 19.1 Å². The van der Waals surface area contributed by atoms with Gasteiger partial charge in [0.25, 0.3) is 0 Å². The highest BCUT2D eigenvalue weighted by Gasteiger charge is 2.56. The van der Waals surface area contributed by atoms with Crippen molar-refractivity contribution in [1.82, 2.24) is 15.0 Å². The number of anilines is 2. The Morgan fingerprint density at radius 1 is 0.852 bits per heavy atom. The fraction of sp³-hybridized carbons (Fsp3) is 0.769. The van der Waals surface area contributed by atoms with Crippen LogP contribution in [0.3, 0.4) is 0 Å². The summed E-state index contributed by atoms with van der Waals surface area (Å²) in [5.41, 5.74) is 0. The van der Waals surface area contributed by atoms with Gasteiger partial charge in [-0.1, -0.05) is 0 Å². The van der Waals surface area contributed by atoms with E-state index >= 15 is 0 Å². The molecule has 0 aliphatic heterocycles. The van der Waals surface area contributed by atoms with Crippen LogP contribution in [0.15, 0.2) is 0 Å². The third kappa shape index (κ3) is 6.34. The molecular formula is C13H20F5N5O4. The number of halogens is 5. The second-order valence-corrected chi connectivity index (χ2v) is 5.25. The monoisotopic (exact) mass is 405 g/mol. The maximum absolute atomic E-state index is 13.2. The van der Waals surface area contributed by atoms with Crippen LogP contribution < -0.4 is 9.80 Å². The van der Waals surface area contributed by atoms with Crippen molar-refractivity contribution in [2.24, 2.45) is 0 Å². The van der Waals surface area contributed by atoms with Gasteiger partial charge in [0, 0.05) is 27.1 Å². The molecule has 0 unspecified atom stereocenters. The van der Waals surface area contributed by atoms with Crippen molar-refractivity contribution >= 4 is 11.9 Å². The van der Waals surface area contributed by atoms with Crippen molar-refractivity contribution in [2.45, 2.75) is 24.9 Å². The van der Waals surface area contributed by atoms with Crippen molar-refractivity contribution in [3.8, 4) is 0 Å². The molecule has 1 aromatic rings. The average Bonchev–Trinajstić information content (AvgIpc) is 2.60. The molecule has 1 heterocycles. The predicted octanol–water partition coefficient (Wildman–Crippen LogP) is 0.722. The first-order valence-electron chi connectivity index (χ1n) is 7.48. The molecule has 1 aromatic heterocycles. The molecule has 0 aliphatic carbocycles. The number of aromatic nitrogens is 3. The fourth-order valence-electron chi connectivity index (χ4n) is 1.84. The van der Waals surface area contributed by atoms with Gasteiger partial charge in [-0.2, -0.15) is 36.9 Å². The van der Waals surface area contributed by atoms with Gasteiger partial charge in [0.05, 0.1) is 0 Å². The molecule has 27 heavy (non-hydrogen) atoms. The van der Waals surface area contributed by atoms with Crippen LogP contribution in [0, 0.1) is 0 Å². The number of alkyl halides is 5. The molecule has 0 saturated carbocycles. The molecule has 156 valence electrons. The quantitative estimate of drug-likeness (QED) is 0.407. The molecule has 0 aliphatic rings. The molecule has 0 amide bonds. The van der Waals surface area contributed by atoms with Gasteiger partial charge in [-0.3, -0.25) is 9.80 Å². The zero-order chi connectivity index (χ0) is 20.7. The fourth-order valence-corrected chi connectivity index (χ4v) is 1.84. The lowest BCUT2D eigenvalue weighted by Crippen LogP contribution is -2.37. The van der Waals surface area contributed by atoms with Gasteiger partial charge in [0.15, 0.2) is 0 Å². The lowest BCUT2D eigenvalue weighted by Gasteiger charge is -2.24. The summed E-state index contributed by atoms with van der Waals surface area (Å²) >= 11 is 0. The Labute approximate surface area is 151 Å². The van der Waals surface area contributed by atoms with Crippen LogP contribution in [0.2, 0.25) is 0 Å². The summed E-state index contributed by atoms with van der Waals surface area (Å²) in [4.78, 5) is 13.7. The van der Waals surface area contributed by atoms with Gasteiger partial charge in [0.1, 0.15) is 32.7 Å². The second kappa shape index (κ2) is 9.87. The van der Waals surface area contributed by atoms with E-state index in [0.29, 0.717) is 0 Å². The van der Waals surface area contributed by atoms with Crippen LogP contribution >= 0.6 is 0 Å². The highest BCUT2D eigenvalue weighted by Crippen LogP contribution is 2.38. The second-order valence-electron chi connectivity index (χ2n) is 5.25. The van der Waals surface area contributed by atoms with E-state index in [1.54, 1.807) is 0 Å². The minimum atomic E-state index is -5.70. The number of aryl methyl sites for hydroxylation is 1. The summed E-state index contributed by atoms with van der Waals surface area (Å²) in [6, 6.07) is 0. The summed E-state index contributed by atoms with van der Waals surface area (Å²) < 4.78 is 73.2. The Morgan fingerprint density at radius 3 is 1.74 bits per heavy atom. The number of rotatable bonds is 11. The van der Waals surface area contributed by atoms with Crippen LogP contribution in [0.25, 0.3) is 0 Å². The van der Waals surface area contributed by atoms with E-state index in [9.17, 15) is 32.2 Å². The van der Waals surface area contributed by atoms with Crippen LogP contribution in [-0.4, -0.2) is 78.4 Å². The Balaban J connectivity index is 3.21. The number of hydrogen-bond acceptors (Lipinski definition) is 9. The first-order valence-corrected chi connectivity index (χ1v) is 7.48. The lowest BCUT2D eigenvalue weighted by molar-refractivity contribution is -0.284. The predicted molar refractivity (Wildman–Crippen MR) is 82.0 cm³/mol. The van der Waals surface area contributed by atoms with E-state index in [1.807, 2.05) is 0 Å². The average molecular weight is 405 g/mol. The number of nitrogens with zero attached hydrogens (tertiary/aromatic N) is 5. The van der Waals surface area contributed by atoms with E-state index in [0.717, 1.165) is 4.90 Å². The first kappa shape index (κ1) is 23.1. The Kier molecular flexibility index (Phi) is 8.46. The minimum absolute atomic E-state index is 0.0896.